The summed E-state index contributed by atoms with van der Waals surface area (Å²) < 4.78 is 13.8. The number of anilines is 1. The third-order valence-electron chi connectivity index (χ3n) is 5.18. The van der Waals surface area contributed by atoms with Crippen molar-refractivity contribution in [1.29, 1.82) is 0 Å². The smallest absolute Gasteiger partial charge is 0.280 e. The van der Waals surface area contributed by atoms with Crippen LogP contribution in [0.1, 0.15) is 17.5 Å². The number of benzene rings is 1. The summed E-state index contributed by atoms with van der Waals surface area (Å²) in [5.74, 6) is 0.953. The fourth-order valence-corrected chi connectivity index (χ4v) is 5.05. The molecule has 0 atom stereocenters. The number of thioether (sulfide) groups is 1. The van der Waals surface area contributed by atoms with E-state index < -0.39 is 0 Å². The van der Waals surface area contributed by atoms with E-state index >= 15 is 0 Å². The second-order valence-electron chi connectivity index (χ2n) is 7.37. The lowest BCUT2D eigenvalue weighted by atomic mass is 10.2. The zero-order valence-electron chi connectivity index (χ0n) is 19.3. The summed E-state index contributed by atoms with van der Waals surface area (Å²) in [4.78, 5) is 31.9. The van der Waals surface area contributed by atoms with Crippen molar-refractivity contribution in [2.45, 2.75) is 32.1 Å². The first-order valence-electron chi connectivity index (χ1n) is 10.6. The molecule has 9 nitrogen and oxygen atoms in total. The van der Waals surface area contributed by atoms with Crippen LogP contribution in [-0.2, 0) is 17.9 Å². The molecule has 4 rings (SSSR count). The predicted molar refractivity (Wildman–Crippen MR) is 135 cm³/mol. The summed E-state index contributed by atoms with van der Waals surface area (Å²) in [6.07, 6.45) is 0. The molecule has 0 saturated carbocycles. The molecule has 0 aliphatic heterocycles. The van der Waals surface area contributed by atoms with Crippen LogP contribution in [0.2, 0.25) is 0 Å². The highest BCUT2D eigenvalue weighted by molar-refractivity contribution is 7.99. The Morgan fingerprint density at radius 2 is 2.00 bits per heavy atom. The summed E-state index contributed by atoms with van der Waals surface area (Å²) >= 11 is 2.79. The van der Waals surface area contributed by atoms with Crippen LogP contribution >= 0.6 is 23.1 Å². The highest BCUT2D eigenvalue weighted by Crippen LogP contribution is 2.30. The summed E-state index contributed by atoms with van der Waals surface area (Å²) in [6.45, 7) is 4.73. The van der Waals surface area contributed by atoms with E-state index in [9.17, 15) is 9.59 Å². The number of ether oxygens (including phenoxy) is 2. The van der Waals surface area contributed by atoms with E-state index in [1.807, 2.05) is 31.4 Å². The summed E-state index contributed by atoms with van der Waals surface area (Å²) in [7, 11) is 3.09. The van der Waals surface area contributed by atoms with E-state index in [-0.39, 0.29) is 17.2 Å². The second kappa shape index (κ2) is 10.3. The minimum absolute atomic E-state index is 0.0810. The quantitative estimate of drug-likeness (QED) is 0.276. The number of methoxy groups -OCH3 is 2. The van der Waals surface area contributed by atoms with Crippen molar-refractivity contribution in [3.8, 4) is 11.5 Å². The van der Waals surface area contributed by atoms with Crippen molar-refractivity contribution in [3.05, 3.63) is 56.6 Å². The van der Waals surface area contributed by atoms with Gasteiger partial charge in [-0.1, -0.05) is 17.8 Å². The first-order valence-corrected chi connectivity index (χ1v) is 12.5. The number of carbonyl (C=O) groups is 1. The van der Waals surface area contributed by atoms with E-state index in [1.54, 1.807) is 45.9 Å². The Balaban J connectivity index is 1.61. The fourth-order valence-electron chi connectivity index (χ4n) is 3.57. The topological polar surface area (TPSA) is 100 Å². The lowest BCUT2D eigenvalue weighted by Crippen LogP contribution is -2.26. The number of aromatic nitrogens is 4. The maximum atomic E-state index is 13.5. The molecule has 0 unspecified atom stereocenters. The van der Waals surface area contributed by atoms with Gasteiger partial charge in [0.1, 0.15) is 5.52 Å². The number of hydrogen-bond donors (Lipinski definition) is 1. The van der Waals surface area contributed by atoms with Gasteiger partial charge in [-0.15, -0.1) is 11.3 Å². The molecule has 1 amide bonds. The van der Waals surface area contributed by atoms with E-state index in [4.69, 9.17) is 14.5 Å². The molecule has 0 spiro atoms. The normalized spacial score (nSPS) is 11.1. The van der Waals surface area contributed by atoms with Gasteiger partial charge in [0.25, 0.3) is 5.56 Å². The van der Waals surface area contributed by atoms with Crippen LogP contribution in [0, 0.1) is 6.92 Å². The molecule has 34 heavy (non-hydrogen) atoms. The van der Waals surface area contributed by atoms with Gasteiger partial charge < -0.3 is 14.8 Å². The van der Waals surface area contributed by atoms with Crippen LogP contribution < -0.4 is 20.3 Å². The van der Waals surface area contributed by atoms with Crippen molar-refractivity contribution in [1.82, 2.24) is 19.3 Å². The highest BCUT2D eigenvalue weighted by atomic mass is 32.2. The number of rotatable bonds is 9. The highest BCUT2D eigenvalue weighted by Gasteiger charge is 2.19. The second-order valence-corrected chi connectivity index (χ2v) is 9.34. The minimum atomic E-state index is -0.227. The van der Waals surface area contributed by atoms with Crippen LogP contribution in [0.15, 0.2) is 45.7 Å². The van der Waals surface area contributed by atoms with Gasteiger partial charge in [-0.25, -0.2) is 4.98 Å². The van der Waals surface area contributed by atoms with Crippen LogP contribution in [0.5, 0.6) is 11.5 Å². The van der Waals surface area contributed by atoms with Crippen molar-refractivity contribution >= 4 is 45.7 Å². The number of nitrogens with zero attached hydrogens (tertiary/aromatic N) is 4. The van der Waals surface area contributed by atoms with Gasteiger partial charge in [0, 0.05) is 23.2 Å². The van der Waals surface area contributed by atoms with Crippen LogP contribution in [0.25, 0.3) is 11.0 Å². The zero-order valence-corrected chi connectivity index (χ0v) is 21.0. The number of aryl methyl sites for hydroxylation is 2. The number of nitrogens with one attached hydrogen (secondary N) is 1. The van der Waals surface area contributed by atoms with Crippen LogP contribution in [0.4, 0.5) is 5.69 Å². The first kappa shape index (κ1) is 23.8. The molecule has 0 aliphatic rings. The Morgan fingerprint density at radius 1 is 1.21 bits per heavy atom. The average molecular weight is 500 g/mol. The Labute approximate surface area is 204 Å². The zero-order chi connectivity index (χ0) is 24.2. The Morgan fingerprint density at radius 3 is 2.68 bits per heavy atom. The molecule has 0 fully saturated rings. The molecule has 0 radical (unpaired) electrons. The van der Waals surface area contributed by atoms with E-state index in [0.29, 0.717) is 52.2 Å². The van der Waals surface area contributed by atoms with Gasteiger partial charge in [-0.3, -0.25) is 18.8 Å². The maximum Gasteiger partial charge on any atom is 0.280 e. The van der Waals surface area contributed by atoms with E-state index in [2.05, 4.69) is 10.4 Å². The molecular formula is C23H25N5O4S2. The molecule has 11 heteroatoms. The Bertz CT molecular complexity index is 1380. The standard InChI is InChI=1S/C23H25N5O4S2/c1-5-28-21-20(14(2)26-28)25-23(27(22(21)30)12-16-7-6-10-33-16)34-13-19(29)24-15-8-9-17(31-3)18(11-15)32-4/h6-11H,5,12-13H2,1-4H3,(H,24,29). The van der Waals surface area contributed by atoms with Crippen molar-refractivity contribution < 1.29 is 14.3 Å². The van der Waals surface area contributed by atoms with Gasteiger partial charge in [0.15, 0.2) is 22.2 Å². The summed E-state index contributed by atoms with van der Waals surface area (Å²) in [5, 5.41) is 9.76. The number of fused-ring (bicyclic) bond motifs is 1. The Kier molecular flexibility index (Phi) is 7.23. The fraction of sp³-hybridized carbons (Fsp3) is 0.304. The molecular weight excluding hydrogens is 474 g/mol. The summed E-state index contributed by atoms with van der Waals surface area (Å²) in [5.41, 5.74) is 2.16. The third-order valence-corrected chi connectivity index (χ3v) is 7.01. The van der Waals surface area contributed by atoms with E-state index in [0.717, 1.165) is 4.88 Å². The van der Waals surface area contributed by atoms with Crippen molar-refractivity contribution in [2.24, 2.45) is 0 Å². The van der Waals surface area contributed by atoms with Crippen molar-refractivity contribution in [3.63, 3.8) is 0 Å². The van der Waals surface area contributed by atoms with Gasteiger partial charge in [-0.2, -0.15) is 5.10 Å². The van der Waals surface area contributed by atoms with Gasteiger partial charge >= 0.3 is 0 Å². The monoisotopic (exact) mass is 499 g/mol. The SMILES string of the molecule is CCn1nc(C)c2nc(SCC(=O)Nc3ccc(OC)c(OC)c3)n(Cc3cccs3)c(=O)c21. The first-order chi connectivity index (χ1) is 16.4. The number of amides is 1. The molecule has 3 heterocycles. The van der Waals surface area contributed by atoms with Gasteiger partial charge in [0.2, 0.25) is 5.91 Å². The molecule has 4 aromatic rings. The largest absolute Gasteiger partial charge is 0.493 e. The molecule has 0 aliphatic carbocycles. The summed E-state index contributed by atoms with van der Waals surface area (Å²) in [6, 6.07) is 9.08. The number of hydrogen-bond acceptors (Lipinski definition) is 8. The van der Waals surface area contributed by atoms with Crippen LogP contribution in [-0.4, -0.2) is 45.2 Å². The minimum Gasteiger partial charge on any atom is -0.493 e. The average Bonchev–Trinajstić information content (AvgIpc) is 3.47. The van der Waals surface area contributed by atoms with Gasteiger partial charge in [-0.05, 0) is 37.4 Å². The molecule has 0 saturated heterocycles. The number of carbonyl (C=O) groups excluding carboxylic acids is 1. The lowest BCUT2D eigenvalue weighted by Gasteiger charge is -2.13. The predicted octanol–water partition coefficient (Wildman–Crippen LogP) is 3.78. The molecule has 0 bridgehead atoms. The lowest BCUT2D eigenvalue weighted by molar-refractivity contribution is -0.113. The third kappa shape index (κ3) is 4.80. The Hall–Kier alpha value is -3.31. The van der Waals surface area contributed by atoms with Crippen molar-refractivity contribution in [2.75, 3.05) is 25.3 Å². The molecule has 178 valence electrons. The van der Waals surface area contributed by atoms with Crippen LogP contribution in [0.3, 0.4) is 0 Å². The molecule has 3 aromatic heterocycles. The maximum absolute atomic E-state index is 13.5. The van der Waals surface area contributed by atoms with E-state index in [1.165, 1.54) is 18.9 Å². The molecule has 1 N–H and O–H groups in total. The van der Waals surface area contributed by atoms with Gasteiger partial charge in [0.05, 0.1) is 32.2 Å². The number of thiophene rings is 1. The molecule has 1 aromatic carbocycles.